The molecule has 10 heteroatoms. The first-order chi connectivity index (χ1) is 16.3. The van der Waals surface area contributed by atoms with Crippen LogP contribution in [0.5, 0.6) is 0 Å². The lowest BCUT2D eigenvalue weighted by atomic mass is 9.96. The summed E-state index contributed by atoms with van der Waals surface area (Å²) in [4.78, 5) is 17.3. The van der Waals surface area contributed by atoms with Crippen LogP contribution in [0.4, 0.5) is 0 Å². The third kappa shape index (κ3) is 4.36. The van der Waals surface area contributed by atoms with Crippen LogP contribution in [0.15, 0.2) is 53.6 Å². The minimum absolute atomic E-state index is 0.119. The molecule has 0 bridgehead atoms. The molecule has 5 rings (SSSR count). The van der Waals surface area contributed by atoms with Crippen LogP contribution < -0.4 is 5.56 Å². The van der Waals surface area contributed by atoms with Crippen LogP contribution in [0.1, 0.15) is 22.2 Å². The lowest BCUT2D eigenvalue weighted by Crippen LogP contribution is -2.22. The van der Waals surface area contributed by atoms with Crippen LogP contribution in [-0.4, -0.2) is 44.2 Å². The van der Waals surface area contributed by atoms with Crippen LogP contribution in [0.2, 0.25) is 25.7 Å². The first-order valence-electron chi connectivity index (χ1n) is 11.3. The molecule has 1 aromatic carbocycles. The Morgan fingerprint density at radius 1 is 1.18 bits per heavy atom. The molecular weight excluding hydrogens is 464 g/mol. The van der Waals surface area contributed by atoms with E-state index in [1.807, 2.05) is 46.8 Å². The van der Waals surface area contributed by atoms with Crippen molar-refractivity contribution in [3.8, 4) is 0 Å². The number of nitrogens with one attached hydrogen (secondary N) is 1. The van der Waals surface area contributed by atoms with E-state index in [0.717, 1.165) is 44.6 Å². The van der Waals surface area contributed by atoms with Gasteiger partial charge in [-0.25, -0.2) is 14.8 Å². The van der Waals surface area contributed by atoms with Gasteiger partial charge >= 0.3 is 0 Å². The average molecular weight is 493 g/mol. The van der Waals surface area contributed by atoms with Gasteiger partial charge in [0.25, 0.3) is 5.56 Å². The van der Waals surface area contributed by atoms with Crippen LogP contribution in [0.25, 0.3) is 21.3 Å². The van der Waals surface area contributed by atoms with Gasteiger partial charge in [-0.1, -0.05) is 50.0 Å². The molecule has 0 aliphatic rings. The summed E-state index contributed by atoms with van der Waals surface area (Å²) < 4.78 is 10.5. The van der Waals surface area contributed by atoms with Gasteiger partial charge in [0.1, 0.15) is 17.3 Å². The quantitative estimate of drug-likeness (QED) is 0.253. The van der Waals surface area contributed by atoms with Gasteiger partial charge < -0.3 is 9.30 Å². The molecule has 4 aromatic heterocycles. The Morgan fingerprint density at radius 2 is 1.97 bits per heavy atom. The fraction of sp³-hybridized carbons (Fsp3) is 0.333. The van der Waals surface area contributed by atoms with Crippen molar-refractivity contribution in [2.45, 2.75) is 38.3 Å². The Balaban J connectivity index is 1.50. The van der Waals surface area contributed by atoms with Crippen LogP contribution in [0.3, 0.4) is 0 Å². The molecule has 8 nitrogen and oxygen atoms in total. The molecule has 0 aliphatic carbocycles. The van der Waals surface area contributed by atoms with E-state index in [2.05, 4.69) is 42.0 Å². The maximum Gasteiger partial charge on any atom is 0.288 e. The summed E-state index contributed by atoms with van der Waals surface area (Å²) >= 11 is 1.59. The lowest BCUT2D eigenvalue weighted by Gasteiger charge is -2.15. The number of aromatic nitrogens is 6. The number of ether oxygens (including phenoxy) is 1. The largest absolute Gasteiger partial charge is 0.360 e. The van der Waals surface area contributed by atoms with Gasteiger partial charge in [-0.05, 0) is 17.7 Å². The van der Waals surface area contributed by atoms with E-state index in [-0.39, 0.29) is 11.5 Å². The summed E-state index contributed by atoms with van der Waals surface area (Å²) in [6.45, 7) is 8.23. The number of thiazole rings is 1. The van der Waals surface area contributed by atoms with Crippen molar-refractivity contribution >= 4 is 40.7 Å². The van der Waals surface area contributed by atoms with Crippen molar-refractivity contribution < 1.29 is 4.74 Å². The number of hydrogen-bond donors (Lipinski definition) is 1. The second kappa shape index (κ2) is 8.93. The van der Waals surface area contributed by atoms with Crippen LogP contribution in [-0.2, 0) is 18.5 Å². The SMILES string of the molecule is Cn1c2nc(C(c3ccccc3)c3ccn(COCC[Si](C)(C)C)n3)sc2c2cn[nH]c(=O)c21. The van der Waals surface area contributed by atoms with E-state index in [0.29, 0.717) is 12.2 Å². The third-order valence-electron chi connectivity index (χ3n) is 5.91. The average Bonchev–Trinajstić information content (AvgIpc) is 3.50. The van der Waals surface area contributed by atoms with Crippen molar-refractivity contribution in [1.29, 1.82) is 0 Å². The first-order valence-corrected chi connectivity index (χ1v) is 15.8. The van der Waals surface area contributed by atoms with Gasteiger partial charge in [-0.15, -0.1) is 11.3 Å². The van der Waals surface area contributed by atoms with E-state index in [1.165, 1.54) is 0 Å². The molecule has 0 saturated carbocycles. The van der Waals surface area contributed by atoms with Gasteiger partial charge in [0.05, 0.1) is 22.5 Å². The number of aryl methyl sites for hydroxylation is 1. The minimum Gasteiger partial charge on any atom is -0.360 e. The van der Waals surface area contributed by atoms with Crippen molar-refractivity contribution in [2.24, 2.45) is 7.05 Å². The molecule has 0 radical (unpaired) electrons. The van der Waals surface area contributed by atoms with E-state index in [9.17, 15) is 4.79 Å². The van der Waals surface area contributed by atoms with Crippen LogP contribution in [0, 0.1) is 0 Å². The predicted octanol–water partition coefficient (Wildman–Crippen LogP) is 4.56. The molecular formula is C24H28N6O2SSi. The number of aromatic amines is 1. The summed E-state index contributed by atoms with van der Waals surface area (Å²) in [5, 5.41) is 13.1. The highest BCUT2D eigenvalue weighted by Gasteiger charge is 2.26. The fourth-order valence-corrected chi connectivity index (χ4v) is 6.08. The zero-order valence-corrected chi connectivity index (χ0v) is 21.6. The van der Waals surface area contributed by atoms with Crippen molar-refractivity contribution in [3.05, 3.63) is 75.4 Å². The van der Waals surface area contributed by atoms with Gasteiger partial charge in [-0.2, -0.15) is 10.2 Å². The molecule has 1 atom stereocenters. The molecule has 4 heterocycles. The van der Waals surface area contributed by atoms with Gasteiger partial charge in [0.15, 0.2) is 5.65 Å². The summed E-state index contributed by atoms with van der Waals surface area (Å²) in [6.07, 6.45) is 3.66. The number of rotatable bonds is 8. The van der Waals surface area contributed by atoms with Crippen molar-refractivity contribution in [2.75, 3.05) is 6.61 Å². The third-order valence-corrected chi connectivity index (χ3v) is 8.76. The molecule has 0 saturated heterocycles. The van der Waals surface area contributed by atoms with Crippen molar-refractivity contribution in [1.82, 2.24) is 29.5 Å². The second-order valence-electron chi connectivity index (χ2n) is 9.70. The first kappa shape index (κ1) is 22.7. The highest BCUT2D eigenvalue weighted by Crippen LogP contribution is 2.38. The summed E-state index contributed by atoms with van der Waals surface area (Å²) in [5.74, 6) is -0.119. The molecule has 34 heavy (non-hydrogen) atoms. The molecule has 0 amide bonds. The van der Waals surface area contributed by atoms with Gasteiger partial charge in [0, 0.05) is 33.3 Å². The monoisotopic (exact) mass is 492 g/mol. The minimum atomic E-state index is -1.12. The number of fused-ring (bicyclic) bond motifs is 3. The van der Waals surface area contributed by atoms with Gasteiger partial charge in [-0.3, -0.25) is 4.79 Å². The van der Waals surface area contributed by atoms with E-state index >= 15 is 0 Å². The Labute approximate surface area is 202 Å². The van der Waals surface area contributed by atoms with E-state index < -0.39 is 8.07 Å². The molecule has 5 aromatic rings. The Kier molecular flexibility index (Phi) is 5.96. The standard InChI is InChI=1S/C24H28N6O2SSi/c1-29-20-17(14-25-27-23(20)31)21-22(29)26-24(33-21)19(16-8-6-5-7-9-16)18-10-11-30(28-18)15-32-12-13-34(2,3)4/h5-11,14,19H,12-13,15H2,1-4H3,(H,27,31). The Bertz CT molecular complexity index is 1500. The zero-order chi connectivity index (χ0) is 23.9. The zero-order valence-electron chi connectivity index (χ0n) is 19.8. The molecule has 1 N–H and O–H groups in total. The molecule has 0 fully saturated rings. The Hall–Kier alpha value is -3.08. The molecule has 0 spiro atoms. The maximum atomic E-state index is 12.3. The normalized spacial score (nSPS) is 13.2. The summed E-state index contributed by atoms with van der Waals surface area (Å²) in [6, 6.07) is 13.4. The highest BCUT2D eigenvalue weighted by atomic mass is 32.1. The number of nitrogens with zero attached hydrogens (tertiary/aromatic N) is 5. The summed E-state index contributed by atoms with van der Waals surface area (Å²) in [7, 11) is 0.745. The number of benzene rings is 1. The lowest BCUT2D eigenvalue weighted by molar-refractivity contribution is 0.0783. The fourth-order valence-electron chi connectivity index (χ4n) is 4.08. The number of H-pyrrole nitrogens is 1. The van der Waals surface area contributed by atoms with E-state index in [1.54, 1.807) is 17.5 Å². The van der Waals surface area contributed by atoms with Gasteiger partial charge in [0.2, 0.25) is 0 Å². The van der Waals surface area contributed by atoms with E-state index in [4.69, 9.17) is 14.8 Å². The highest BCUT2D eigenvalue weighted by molar-refractivity contribution is 7.19. The smallest absolute Gasteiger partial charge is 0.288 e. The predicted molar refractivity (Wildman–Crippen MR) is 138 cm³/mol. The molecule has 176 valence electrons. The summed E-state index contributed by atoms with van der Waals surface area (Å²) in [5.41, 5.74) is 3.19. The molecule has 0 aliphatic heterocycles. The topological polar surface area (TPSA) is 90.6 Å². The van der Waals surface area contributed by atoms with Crippen molar-refractivity contribution in [3.63, 3.8) is 0 Å². The maximum absolute atomic E-state index is 12.3. The second-order valence-corrected chi connectivity index (χ2v) is 16.3. The Morgan fingerprint density at radius 3 is 2.74 bits per heavy atom. The number of hydrogen-bond acceptors (Lipinski definition) is 6. The molecule has 1 unspecified atom stereocenters. The van der Waals surface area contributed by atoms with Crippen LogP contribution >= 0.6 is 11.3 Å².